The van der Waals surface area contributed by atoms with Crippen LogP contribution in [0.1, 0.15) is 46.1 Å². The molecule has 0 unspecified atom stereocenters. The zero-order valence-corrected chi connectivity index (χ0v) is 18.6. The Balaban J connectivity index is 1.34. The number of H-pyrrole nitrogens is 1. The van der Waals surface area contributed by atoms with E-state index in [0.717, 1.165) is 21.4 Å². The van der Waals surface area contributed by atoms with Crippen molar-refractivity contribution in [2.45, 2.75) is 31.8 Å². The van der Waals surface area contributed by atoms with Crippen LogP contribution in [0.4, 0.5) is 0 Å². The number of aromatic amines is 1. The summed E-state index contributed by atoms with van der Waals surface area (Å²) in [5.41, 5.74) is 4.25. The van der Waals surface area contributed by atoms with Gasteiger partial charge in [-0.25, -0.2) is 15.0 Å². The van der Waals surface area contributed by atoms with Crippen LogP contribution in [0.2, 0.25) is 0 Å². The molecule has 5 aromatic rings. The fraction of sp³-hybridized carbons (Fsp3) is 0.227. The molecule has 0 saturated heterocycles. The van der Waals surface area contributed by atoms with Gasteiger partial charge in [-0.3, -0.25) is 14.3 Å². The highest BCUT2D eigenvalue weighted by molar-refractivity contribution is 9.10. The second-order valence-corrected chi connectivity index (χ2v) is 8.99. The van der Waals surface area contributed by atoms with E-state index in [1.807, 2.05) is 39.5 Å². The molecule has 1 aliphatic carbocycles. The van der Waals surface area contributed by atoms with Gasteiger partial charge >= 0.3 is 0 Å². The van der Waals surface area contributed by atoms with Gasteiger partial charge in [0.2, 0.25) is 5.78 Å². The van der Waals surface area contributed by atoms with Crippen LogP contribution in [0.3, 0.4) is 0 Å². The van der Waals surface area contributed by atoms with Crippen LogP contribution in [0.5, 0.6) is 0 Å². The first-order chi connectivity index (χ1) is 15.6. The Morgan fingerprint density at radius 2 is 2.09 bits per heavy atom. The molecule has 10 heteroatoms. The van der Waals surface area contributed by atoms with Crippen molar-refractivity contribution < 1.29 is 4.79 Å². The van der Waals surface area contributed by atoms with Gasteiger partial charge in [0.05, 0.1) is 48.1 Å². The van der Waals surface area contributed by atoms with Crippen LogP contribution >= 0.6 is 15.9 Å². The Morgan fingerprint density at radius 1 is 1.19 bits per heavy atom. The number of aromatic nitrogens is 7. The van der Waals surface area contributed by atoms with Crippen LogP contribution < -0.4 is 0 Å². The highest BCUT2D eigenvalue weighted by atomic mass is 79.9. The number of amides is 1. The summed E-state index contributed by atoms with van der Waals surface area (Å²) in [4.78, 5) is 28.7. The summed E-state index contributed by atoms with van der Waals surface area (Å²) >= 11 is 3.52. The minimum atomic E-state index is -0.140. The lowest BCUT2D eigenvalue weighted by atomic mass is 10.2. The number of imidazole rings is 2. The van der Waals surface area contributed by atoms with Gasteiger partial charge < -0.3 is 9.30 Å². The highest BCUT2D eigenvalue weighted by Gasteiger charge is 2.25. The number of nitrogens with zero attached hydrogens (tertiary/aromatic N) is 7. The molecule has 9 nitrogen and oxygen atoms in total. The van der Waals surface area contributed by atoms with E-state index in [4.69, 9.17) is 0 Å². The van der Waals surface area contributed by atoms with Gasteiger partial charge in [0.1, 0.15) is 0 Å². The Kier molecular flexibility index (Phi) is 4.53. The summed E-state index contributed by atoms with van der Waals surface area (Å²) < 4.78 is 4.85. The summed E-state index contributed by atoms with van der Waals surface area (Å²) in [5.74, 6) is 1.11. The molecule has 1 aliphatic rings. The lowest BCUT2D eigenvalue weighted by Crippen LogP contribution is -2.30. The maximum atomic E-state index is 13.3. The molecule has 32 heavy (non-hydrogen) atoms. The maximum Gasteiger partial charge on any atom is 0.257 e. The van der Waals surface area contributed by atoms with Gasteiger partial charge in [0, 0.05) is 35.5 Å². The third-order valence-electron chi connectivity index (χ3n) is 5.74. The van der Waals surface area contributed by atoms with Gasteiger partial charge in [0.15, 0.2) is 0 Å². The number of halogens is 1. The summed E-state index contributed by atoms with van der Waals surface area (Å²) in [6.07, 6.45) is 15.2. The van der Waals surface area contributed by atoms with Crippen LogP contribution in [0.15, 0.2) is 60.1 Å². The van der Waals surface area contributed by atoms with E-state index in [0.29, 0.717) is 30.3 Å². The first kappa shape index (κ1) is 19.2. The molecule has 5 heterocycles. The molecule has 1 saturated carbocycles. The first-order valence-corrected chi connectivity index (χ1v) is 11.2. The summed E-state index contributed by atoms with van der Waals surface area (Å²) in [5, 5.41) is 6.65. The molecule has 0 bridgehead atoms. The van der Waals surface area contributed by atoms with E-state index in [2.05, 4.69) is 47.3 Å². The molecular weight excluding hydrogens is 472 g/mol. The molecule has 160 valence electrons. The van der Waals surface area contributed by atoms with Crippen LogP contribution in [-0.2, 0) is 13.1 Å². The Labute approximate surface area is 191 Å². The minimum absolute atomic E-state index is 0.140. The fourth-order valence-corrected chi connectivity index (χ4v) is 4.25. The molecular formula is C22H19BrN8O. The van der Waals surface area contributed by atoms with Crippen molar-refractivity contribution in [2.24, 2.45) is 0 Å². The molecule has 1 amide bonds. The number of carbonyl (C=O) groups is 1. The van der Waals surface area contributed by atoms with Crippen molar-refractivity contribution in [1.82, 2.24) is 38.9 Å². The van der Waals surface area contributed by atoms with E-state index >= 15 is 0 Å². The molecule has 0 aromatic carbocycles. The average molecular weight is 491 g/mol. The highest BCUT2D eigenvalue weighted by Crippen LogP contribution is 2.39. The van der Waals surface area contributed by atoms with E-state index in [1.165, 1.54) is 24.6 Å². The number of hydrogen-bond acceptors (Lipinski definition) is 5. The minimum Gasteiger partial charge on any atom is -0.327 e. The number of nitrogens with one attached hydrogen (secondary N) is 1. The van der Waals surface area contributed by atoms with Crippen molar-refractivity contribution in [3.05, 3.63) is 82.6 Å². The summed E-state index contributed by atoms with van der Waals surface area (Å²) in [6, 6.07) is 3.95. The predicted molar refractivity (Wildman–Crippen MR) is 120 cm³/mol. The van der Waals surface area contributed by atoms with Crippen LogP contribution in [0, 0.1) is 0 Å². The third kappa shape index (κ3) is 3.56. The Morgan fingerprint density at radius 3 is 2.91 bits per heavy atom. The van der Waals surface area contributed by atoms with Crippen molar-refractivity contribution in [1.29, 1.82) is 0 Å². The summed E-state index contributed by atoms with van der Waals surface area (Å²) in [7, 11) is 0. The lowest BCUT2D eigenvalue weighted by Gasteiger charge is -2.20. The van der Waals surface area contributed by atoms with Gasteiger partial charge in [0.25, 0.3) is 5.91 Å². The molecule has 5 aromatic heterocycles. The number of carbonyl (C=O) groups excluding carboxylic acids is 1. The fourth-order valence-electron chi connectivity index (χ4n) is 3.92. The van der Waals surface area contributed by atoms with Crippen LogP contribution in [-0.4, -0.2) is 44.8 Å². The molecule has 1 fully saturated rings. The van der Waals surface area contributed by atoms with Crippen molar-refractivity contribution >= 4 is 33.1 Å². The van der Waals surface area contributed by atoms with Crippen LogP contribution in [0.25, 0.3) is 11.3 Å². The second-order valence-electron chi connectivity index (χ2n) is 8.08. The second kappa shape index (κ2) is 7.56. The van der Waals surface area contributed by atoms with E-state index in [-0.39, 0.29) is 5.91 Å². The monoisotopic (exact) mass is 490 g/mol. The number of fused-ring (bicyclic) bond motifs is 2. The molecule has 0 radical (unpaired) electrons. The average Bonchev–Trinajstić information content (AvgIpc) is 3.19. The van der Waals surface area contributed by atoms with E-state index < -0.39 is 0 Å². The molecule has 6 rings (SSSR count). The van der Waals surface area contributed by atoms with Gasteiger partial charge in [-0.2, -0.15) is 5.10 Å². The predicted octanol–water partition coefficient (Wildman–Crippen LogP) is 3.58. The van der Waals surface area contributed by atoms with E-state index in [1.54, 1.807) is 17.4 Å². The Bertz CT molecular complexity index is 1430. The van der Waals surface area contributed by atoms with Gasteiger partial charge in [-0.1, -0.05) is 15.9 Å². The smallest absolute Gasteiger partial charge is 0.257 e. The molecule has 0 aliphatic heterocycles. The first-order valence-electron chi connectivity index (χ1n) is 10.4. The zero-order chi connectivity index (χ0) is 21.7. The maximum absolute atomic E-state index is 13.3. The standard InChI is InChI=1S/C22H19BrN8O/c23-17-3-4-29-13-25-19(20(29)5-17)12-30(21(32)15-7-26-27-8-15)10-18-11-31-9-16(14-1-2-14)6-24-22(31)28-18/h3-9,11,13-14H,1-2,10,12H2,(H,26,27). The van der Waals surface area contributed by atoms with Gasteiger partial charge in [-0.05, 0) is 36.5 Å². The zero-order valence-electron chi connectivity index (χ0n) is 17.0. The molecule has 0 atom stereocenters. The Hall–Kier alpha value is -3.53. The molecule has 0 spiro atoms. The van der Waals surface area contributed by atoms with Crippen molar-refractivity contribution in [3.63, 3.8) is 0 Å². The van der Waals surface area contributed by atoms with Gasteiger partial charge in [-0.15, -0.1) is 0 Å². The number of hydrogen-bond donors (Lipinski definition) is 1. The number of pyridine rings is 1. The van der Waals surface area contributed by atoms with Crippen molar-refractivity contribution in [2.75, 3.05) is 0 Å². The normalized spacial score (nSPS) is 13.8. The quantitative estimate of drug-likeness (QED) is 0.392. The largest absolute Gasteiger partial charge is 0.327 e. The number of rotatable bonds is 6. The lowest BCUT2D eigenvalue weighted by molar-refractivity contribution is 0.0727. The van der Waals surface area contributed by atoms with Crippen molar-refractivity contribution in [3.8, 4) is 0 Å². The summed E-state index contributed by atoms with van der Waals surface area (Å²) in [6.45, 7) is 0.671. The SMILES string of the molecule is O=C(c1cn[nH]c1)N(Cc1cn2cc(C3CC3)cnc2n1)Cc1ncn2ccc(Br)cc12. The topological polar surface area (TPSA) is 96.5 Å². The molecule has 1 N–H and O–H groups in total. The third-order valence-corrected chi connectivity index (χ3v) is 6.23. The van der Waals surface area contributed by atoms with E-state index in [9.17, 15) is 4.79 Å².